The summed E-state index contributed by atoms with van der Waals surface area (Å²) in [6, 6.07) is 11.8. The summed E-state index contributed by atoms with van der Waals surface area (Å²) in [5.41, 5.74) is 1.61. The maximum atomic E-state index is 12.8. The van der Waals surface area contributed by atoms with Gasteiger partial charge in [0.2, 0.25) is 0 Å². The Balaban J connectivity index is 1.84. The highest BCUT2D eigenvalue weighted by molar-refractivity contribution is 6.09. The van der Waals surface area contributed by atoms with Crippen LogP contribution < -0.4 is 19.5 Å². The van der Waals surface area contributed by atoms with Gasteiger partial charge in [-0.1, -0.05) is 0 Å². The van der Waals surface area contributed by atoms with Crippen LogP contribution in [0.4, 0.5) is 5.69 Å². The van der Waals surface area contributed by atoms with Crippen LogP contribution in [-0.2, 0) is 9.53 Å². The lowest BCUT2D eigenvalue weighted by Crippen LogP contribution is -2.14. The lowest BCUT2D eigenvalue weighted by atomic mass is 10.1. The first-order chi connectivity index (χ1) is 14.1. The molecule has 0 fully saturated rings. The molecule has 0 spiro atoms. The minimum Gasteiger partial charge on any atom is -0.494 e. The minimum absolute atomic E-state index is 0.261. The summed E-state index contributed by atoms with van der Waals surface area (Å²) in [5, 5.41) is 3.63. The maximum absolute atomic E-state index is 12.8. The molecule has 0 atom stereocenters. The second-order valence-corrected chi connectivity index (χ2v) is 5.90. The number of hydrogen-bond donors (Lipinski definition) is 1. The molecular weight excluding hydrogens is 376 g/mol. The zero-order chi connectivity index (χ0) is 20.8. The topological polar surface area (TPSA) is 96.0 Å². The number of amides is 1. The molecule has 0 saturated carbocycles. The summed E-state index contributed by atoms with van der Waals surface area (Å²) < 4.78 is 20.5. The lowest BCUT2D eigenvalue weighted by molar-refractivity contribution is -0.142. The molecule has 1 amide bonds. The van der Waals surface area contributed by atoms with Crippen molar-refractivity contribution in [2.75, 3.05) is 33.3 Å². The molecule has 8 nitrogen and oxygen atoms in total. The summed E-state index contributed by atoms with van der Waals surface area (Å²) >= 11 is 0. The summed E-state index contributed by atoms with van der Waals surface area (Å²) in [6.45, 7) is -0.261. The average molecular weight is 396 g/mol. The first kappa shape index (κ1) is 19.9. The Morgan fingerprint density at radius 1 is 0.966 bits per heavy atom. The summed E-state index contributed by atoms with van der Waals surface area (Å²) in [6.07, 6.45) is 1.66. The van der Waals surface area contributed by atoms with Gasteiger partial charge >= 0.3 is 5.97 Å². The van der Waals surface area contributed by atoms with Crippen molar-refractivity contribution in [3.63, 3.8) is 0 Å². The molecule has 0 aliphatic carbocycles. The van der Waals surface area contributed by atoms with Crippen molar-refractivity contribution in [2.45, 2.75) is 0 Å². The van der Waals surface area contributed by atoms with Crippen molar-refractivity contribution in [2.24, 2.45) is 0 Å². The maximum Gasteiger partial charge on any atom is 0.343 e. The molecule has 3 aromatic rings. The highest BCUT2D eigenvalue weighted by Gasteiger charge is 2.15. The molecule has 0 unspecified atom stereocenters. The number of ether oxygens (including phenoxy) is 4. The standard InChI is InChI=1S/C21H20N2O6/c1-26-17-9-7-15(14-5-4-10-22-20(14)17)23-21(25)13-6-8-16(18(11-13)27-2)29-12-19(24)28-3/h4-11H,12H2,1-3H3,(H,23,25). The van der Waals surface area contributed by atoms with Gasteiger partial charge in [0.1, 0.15) is 11.3 Å². The number of nitrogens with zero attached hydrogens (tertiary/aromatic N) is 1. The third-order valence-corrected chi connectivity index (χ3v) is 4.20. The largest absolute Gasteiger partial charge is 0.494 e. The summed E-state index contributed by atoms with van der Waals surface area (Å²) in [4.78, 5) is 28.3. The average Bonchev–Trinajstić information content (AvgIpc) is 2.77. The van der Waals surface area contributed by atoms with E-state index in [0.29, 0.717) is 34.0 Å². The Bertz CT molecular complexity index is 1050. The Kier molecular flexibility index (Phi) is 6.13. The highest BCUT2D eigenvalue weighted by Crippen LogP contribution is 2.31. The number of aromatic nitrogens is 1. The van der Waals surface area contributed by atoms with E-state index < -0.39 is 5.97 Å². The van der Waals surface area contributed by atoms with Gasteiger partial charge in [0.25, 0.3) is 5.91 Å². The van der Waals surface area contributed by atoms with Gasteiger partial charge in [-0.25, -0.2) is 4.79 Å². The number of benzene rings is 2. The van der Waals surface area contributed by atoms with Crippen molar-refractivity contribution in [3.8, 4) is 17.2 Å². The zero-order valence-electron chi connectivity index (χ0n) is 16.2. The Morgan fingerprint density at radius 2 is 1.72 bits per heavy atom. The number of nitrogens with one attached hydrogen (secondary N) is 1. The van der Waals surface area contributed by atoms with Gasteiger partial charge in [0.05, 0.1) is 27.0 Å². The quantitative estimate of drug-likeness (QED) is 0.613. The second kappa shape index (κ2) is 8.92. The first-order valence-corrected chi connectivity index (χ1v) is 8.68. The van der Waals surface area contributed by atoms with E-state index in [2.05, 4.69) is 15.0 Å². The van der Waals surface area contributed by atoms with Crippen LogP contribution >= 0.6 is 0 Å². The number of esters is 1. The van der Waals surface area contributed by atoms with E-state index in [1.807, 2.05) is 6.07 Å². The third-order valence-electron chi connectivity index (χ3n) is 4.20. The van der Waals surface area contributed by atoms with Crippen LogP contribution in [0, 0.1) is 0 Å². The van der Waals surface area contributed by atoms with Crippen LogP contribution in [0.3, 0.4) is 0 Å². The SMILES string of the molecule is COC(=O)COc1ccc(C(=O)Nc2ccc(OC)c3ncccc23)cc1OC. The van der Waals surface area contributed by atoms with E-state index in [4.69, 9.17) is 14.2 Å². The van der Waals surface area contributed by atoms with E-state index >= 15 is 0 Å². The highest BCUT2D eigenvalue weighted by atomic mass is 16.6. The number of fused-ring (bicyclic) bond motifs is 1. The van der Waals surface area contributed by atoms with Crippen molar-refractivity contribution in [3.05, 3.63) is 54.2 Å². The van der Waals surface area contributed by atoms with Crippen LogP contribution in [0.5, 0.6) is 17.2 Å². The van der Waals surface area contributed by atoms with Gasteiger partial charge in [-0.15, -0.1) is 0 Å². The predicted molar refractivity (Wildman–Crippen MR) is 107 cm³/mol. The van der Waals surface area contributed by atoms with Gasteiger partial charge in [-0.05, 0) is 42.5 Å². The van der Waals surface area contributed by atoms with Crippen LogP contribution in [0.15, 0.2) is 48.7 Å². The van der Waals surface area contributed by atoms with Crippen molar-refractivity contribution in [1.82, 2.24) is 4.98 Å². The minimum atomic E-state index is -0.520. The Morgan fingerprint density at radius 3 is 2.45 bits per heavy atom. The van der Waals surface area contributed by atoms with Crippen LogP contribution in [-0.4, -0.2) is 44.8 Å². The molecule has 150 valence electrons. The van der Waals surface area contributed by atoms with Gasteiger partial charge < -0.3 is 24.3 Å². The van der Waals surface area contributed by atoms with E-state index in [1.54, 1.807) is 43.6 Å². The molecule has 29 heavy (non-hydrogen) atoms. The monoisotopic (exact) mass is 396 g/mol. The number of carbonyl (C=O) groups excluding carboxylic acids is 2. The number of carbonyl (C=O) groups is 2. The first-order valence-electron chi connectivity index (χ1n) is 8.68. The number of pyridine rings is 1. The lowest BCUT2D eigenvalue weighted by Gasteiger charge is -2.13. The molecule has 1 N–H and O–H groups in total. The fourth-order valence-corrected chi connectivity index (χ4v) is 2.74. The van der Waals surface area contributed by atoms with E-state index in [-0.39, 0.29) is 12.5 Å². The molecule has 1 aromatic heterocycles. The molecule has 2 aromatic carbocycles. The molecular formula is C21H20N2O6. The van der Waals surface area contributed by atoms with Gasteiger partial charge in [0, 0.05) is 17.1 Å². The van der Waals surface area contributed by atoms with Crippen LogP contribution in [0.1, 0.15) is 10.4 Å². The molecule has 0 saturated heterocycles. The van der Waals surface area contributed by atoms with Gasteiger partial charge in [-0.3, -0.25) is 9.78 Å². The summed E-state index contributed by atoms with van der Waals surface area (Å²) in [7, 11) is 4.29. The third kappa shape index (κ3) is 4.37. The second-order valence-electron chi connectivity index (χ2n) is 5.90. The fraction of sp³-hybridized carbons (Fsp3) is 0.190. The Labute approximate surface area is 167 Å². The predicted octanol–water partition coefficient (Wildman–Crippen LogP) is 3.06. The number of methoxy groups -OCH3 is 3. The van der Waals surface area contributed by atoms with Crippen LogP contribution in [0.25, 0.3) is 10.9 Å². The van der Waals surface area contributed by atoms with E-state index in [0.717, 1.165) is 5.39 Å². The molecule has 1 heterocycles. The molecule has 3 rings (SSSR count). The smallest absolute Gasteiger partial charge is 0.343 e. The van der Waals surface area contributed by atoms with Crippen molar-refractivity contribution >= 4 is 28.5 Å². The molecule has 0 radical (unpaired) electrons. The summed E-state index contributed by atoms with van der Waals surface area (Å²) in [5.74, 6) is 0.413. The number of rotatable bonds is 7. The van der Waals surface area contributed by atoms with Gasteiger partial charge in [-0.2, -0.15) is 0 Å². The van der Waals surface area contributed by atoms with E-state index in [9.17, 15) is 9.59 Å². The van der Waals surface area contributed by atoms with Crippen molar-refractivity contribution < 1.29 is 28.5 Å². The molecule has 0 aliphatic rings. The van der Waals surface area contributed by atoms with E-state index in [1.165, 1.54) is 20.3 Å². The van der Waals surface area contributed by atoms with Crippen LogP contribution in [0.2, 0.25) is 0 Å². The molecule has 0 bridgehead atoms. The number of hydrogen-bond acceptors (Lipinski definition) is 7. The zero-order valence-corrected chi connectivity index (χ0v) is 16.2. The fourth-order valence-electron chi connectivity index (χ4n) is 2.74. The molecule has 0 aliphatic heterocycles. The number of anilines is 1. The Hall–Kier alpha value is -3.81. The molecule has 8 heteroatoms. The van der Waals surface area contributed by atoms with Gasteiger partial charge in [0.15, 0.2) is 18.1 Å². The van der Waals surface area contributed by atoms with Crippen molar-refractivity contribution in [1.29, 1.82) is 0 Å². The normalized spacial score (nSPS) is 10.3.